The van der Waals surface area contributed by atoms with Gasteiger partial charge in [-0.25, -0.2) is 4.39 Å². The molecule has 0 bridgehead atoms. The van der Waals surface area contributed by atoms with Gasteiger partial charge in [0.15, 0.2) is 6.61 Å². The maximum absolute atomic E-state index is 12.9. The van der Waals surface area contributed by atoms with E-state index in [1.807, 2.05) is 0 Å². The van der Waals surface area contributed by atoms with Crippen molar-refractivity contribution in [3.63, 3.8) is 0 Å². The first kappa shape index (κ1) is 18.1. The van der Waals surface area contributed by atoms with Gasteiger partial charge in [-0.1, -0.05) is 29.4 Å². The molecule has 0 radical (unpaired) electrons. The van der Waals surface area contributed by atoms with E-state index in [9.17, 15) is 14.0 Å². The van der Waals surface area contributed by atoms with Crippen molar-refractivity contribution in [2.75, 3.05) is 0 Å². The number of ether oxygens (including phenoxy) is 1. The van der Waals surface area contributed by atoms with Crippen LogP contribution in [-0.2, 0) is 13.2 Å². The summed E-state index contributed by atoms with van der Waals surface area (Å²) in [6.07, 6.45) is 0. The van der Waals surface area contributed by atoms with Gasteiger partial charge in [-0.3, -0.25) is 9.59 Å². The number of rotatable bonds is 7. The van der Waals surface area contributed by atoms with Gasteiger partial charge < -0.3 is 20.3 Å². The lowest BCUT2D eigenvalue weighted by Crippen LogP contribution is -2.23. The van der Waals surface area contributed by atoms with Crippen LogP contribution in [-0.4, -0.2) is 22.0 Å². The zero-order chi connectivity index (χ0) is 19.2. The van der Waals surface area contributed by atoms with Gasteiger partial charge in [0.25, 0.3) is 5.91 Å². The summed E-state index contributed by atoms with van der Waals surface area (Å²) in [5.41, 5.74) is 6.21. The van der Waals surface area contributed by atoms with E-state index in [2.05, 4.69) is 15.5 Å². The van der Waals surface area contributed by atoms with Crippen molar-refractivity contribution in [1.82, 2.24) is 15.5 Å². The first-order chi connectivity index (χ1) is 13.0. The standard InChI is InChI=1S/C18H15FN4O4/c19-12-7-5-11(6-8-12)9-21-17(25)18-22-15(23-27-18)10-26-14-4-2-1-3-13(14)16(20)24/h1-8H,9-10H2,(H2,20,24)(H,21,25). The number of nitrogens with zero attached hydrogens (tertiary/aromatic N) is 2. The fourth-order valence-corrected chi connectivity index (χ4v) is 2.20. The fraction of sp³-hybridized carbons (Fsp3) is 0.111. The number of aromatic nitrogens is 2. The molecule has 0 atom stereocenters. The minimum Gasteiger partial charge on any atom is -0.485 e. The molecule has 0 spiro atoms. The Bertz CT molecular complexity index is 956. The zero-order valence-corrected chi connectivity index (χ0v) is 14.0. The van der Waals surface area contributed by atoms with E-state index in [1.165, 1.54) is 18.2 Å². The Balaban J connectivity index is 1.57. The second-order valence-corrected chi connectivity index (χ2v) is 5.47. The Hall–Kier alpha value is -3.75. The van der Waals surface area contributed by atoms with E-state index >= 15 is 0 Å². The highest BCUT2D eigenvalue weighted by Gasteiger charge is 2.16. The molecule has 3 rings (SSSR count). The van der Waals surface area contributed by atoms with Gasteiger partial charge in [-0.15, -0.1) is 0 Å². The molecule has 138 valence electrons. The summed E-state index contributed by atoms with van der Waals surface area (Å²) in [7, 11) is 0. The van der Waals surface area contributed by atoms with Gasteiger partial charge in [-0.2, -0.15) is 4.98 Å². The minimum absolute atomic E-state index is 0.112. The monoisotopic (exact) mass is 370 g/mol. The van der Waals surface area contributed by atoms with Crippen molar-refractivity contribution in [1.29, 1.82) is 0 Å². The fourth-order valence-electron chi connectivity index (χ4n) is 2.20. The van der Waals surface area contributed by atoms with Crippen LogP contribution in [0, 0.1) is 5.82 Å². The average molecular weight is 370 g/mol. The van der Waals surface area contributed by atoms with Gasteiger partial charge in [0.2, 0.25) is 5.82 Å². The third-order valence-corrected chi connectivity index (χ3v) is 3.54. The summed E-state index contributed by atoms with van der Waals surface area (Å²) >= 11 is 0. The Kier molecular flexibility index (Phi) is 5.41. The van der Waals surface area contributed by atoms with Gasteiger partial charge in [-0.05, 0) is 29.8 Å². The molecule has 0 aliphatic carbocycles. The van der Waals surface area contributed by atoms with Crippen molar-refractivity contribution in [2.45, 2.75) is 13.2 Å². The average Bonchev–Trinajstić information content (AvgIpc) is 3.15. The molecule has 3 aromatic rings. The largest absolute Gasteiger partial charge is 0.485 e. The number of hydrogen-bond donors (Lipinski definition) is 2. The minimum atomic E-state index is -0.625. The Morgan fingerprint density at radius 3 is 2.63 bits per heavy atom. The Morgan fingerprint density at radius 1 is 1.15 bits per heavy atom. The van der Waals surface area contributed by atoms with E-state index in [0.29, 0.717) is 0 Å². The summed E-state index contributed by atoms with van der Waals surface area (Å²) < 4.78 is 23.2. The highest BCUT2D eigenvalue weighted by atomic mass is 19.1. The molecule has 0 saturated heterocycles. The topological polar surface area (TPSA) is 120 Å². The summed E-state index contributed by atoms with van der Waals surface area (Å²) in [6.45, 7) is 0.0678. The summed E-state index contributed by atoms with van der Waals surface area (Å²) in [6, 6.07) is 12.2. The molecule has 8 nitrogen and oxygen atoms in total. The highest BCUT2D eigenvalue weighted by Crippen LogP contribution is 2.18. The van der Waals surface area contributed by atoms with Gasteiger partial charge in [0, 0.05) is 6.54 Å². The van der Waals surface area contributed by atoms with Crippen LogP contribution in [0.25, 0.3) is 0 Å². The maximum Gasteiger partial charge on any atom is 0.316 e. The quantitative estimate of drug-likeness (QED) is 0.654. The predicted octanol–water partition coefficient (Wildman–Crippen LogP) is 1.82. The third-order valence-electron chi connectivity index (χ3n) is 3.54. The number of nitrogens with one attached hydrogen (secondary N) is 1. The summed E-state index contributed by atoms with van der Waals surface area (Å²) in [5, 5.41) is 6.24. The van der Waals surface area contributed by atoms with Gasteiger partial charge in [0.1, 0.15) is 11.6 Å². The molecule has 9 heteroatoms. The summed E-state index contributed by atoms with van der Waals surface area (Å²) in [5.74, 6) is -1.39. The molecular formula is C18H15FN4O4. The molecule has 0 unspecified atom stereocenters. The number of carbonyl (C=O) groups is 2. The molecule has 27 heavy (non-hydrogen) atoms. The summed E-state index contributed by atoms with van der Waals surface area (Å²) in [4.78, 5) is 27.3. The normalized spacial score (nSPS) is 10.4. The van der Waals surface area contributed by atoms with Crippen molar-refractivity contribution in [3.05, 3.63) is 77.2 Å². The van der Waals surface area contributed by atoms with Crippen LogP contribution >= 0.6 is 0 Å². The lowest BCUT2D eigenvalue weighted by atomic mass is 10.2. The van der Waals surface area contributed by atoms with Crippen molar-refractivity contribution >= 4 is 11.8 Å². The molecule has 1 aromatic heterocycles. The smallest absolute Gasteiger partial charge is 0.316 e. The van der Waals surface area contributed by atoms with Crippen LogP contribution in [0.3, 0.4) is 0 Å². The molecule has 0 fully saturated rings. The second-order valence-electron chi connectivity index (χ2n) is 5.47. The van der Waals surface area contributed by atoms with Crippen LogP contribution in [0.4, 0.5) is 4.39 Å². The molecule has 0 aliphatic rings. The third kappa shape index (κ3) is 4.66. The van der Waals surface area contributed by atoms with Crippen molar-refractivity contribution < 1.29 is 23.2 Å². The van der Waals surface area contributed by atoms with E-state index in [-0.39, 0.29) is 42.0 Å². The maximum atomic E-state index is 12.9. The Morgan fingerprint density at radius 2 is 1.89 bits per heavy atom. The number of hydrogen-bond acceptors (Lipinski definition) is 6. The number of benzene rings is 2. The number of amides is 2. The van der Waals surface area contributed by atoms with Crippen molar-refractivity contribution in [2.24, 2.45) is 5.73 Å². The molecule has 3 N–H and O–H groups in total. The van der Waals surface area contributed by atoms with Crippen LogP contribution in [0.5, 0.6) is 5.75 Å². The first-order valence-corrected chi connectivity index (χ1v) is 7.90. The van der Waals surface area contributed by atoms with Crippen LogP contribution in [0.2, 0.25) is 0 Å². The SMILES string of the molecule is NC(=O)c1ccccc1OCc1noc(C(=O)NCc2ccc(F)cc2)n1. The molecule has 0 aliphatic heterocycles. The molecule has 0 saturated carbocycles. The number of carbonyl (C=O) groups excluding carboxylic acids is 2. The number of para-hydroxylation sites is 1. The predicted molar refractivity (Wildman–Crippen MR) is 91.2 cm³/mol. The second kappa shape index (κ2) is 8.09. The zero-order valence-electron chi connectivity index (χ0n) is 14.0. The van der Waals surface area contributed by atoms with Gasteiger partial charge in [0.05, 0.1) is 5.56 Å². The van der Waals surface area contributed by atoms with E-state index in [1.54, 1.807) is 30.3 Å². The highest BCUT2D eigenvalue weighted by molar-refractivity contribution is 5.95. The van der Waals surface area contributed by atoms with Crippen LogP contribution < -0.4 is 15.8 Å². The molecule has 1 heterocycles. The van der Waals surface area contributed by atoms with Gasteiger partial charge >= 0.3 is 11.8 Å². The van der Waals surface area contributed by atoms with Crippen LogP contribution in [0.1, 0.15) is 32.4 Å². The first-order valence-electron chi connectivity index (χ1n) is 7.90. The molecular weight excluding hydrogens is 355 g/mol. The number of nitrogens with two attached hydrogens (primary N) is 1. The lowest BCUT2D eigenvalue weighted by molar-refractivity contribution is 0.0906. The lowest BCUT2D eigenvalue weighted by Gasteiger charge is -2.06. The van der Waals surface area contributed by atoms with E-state index < -0.39 is 11.8 Å². The number of halogens is 1. The Labute approximate surface area is 153 Å². The molecule has 2 aromatic carbocycles. The van der Waals surface area contributed by atoms with Crippen molar-refractivity contribution in [3.8, 4) is 5.75 Å². The number of primary amides is 1. The van der Waals surface area contributed by atoms with E-state index in [0.717, 1.165) is 5.56 Å². The van der Waals surface area contributed by atoms with E-state index in [4.69, 9.17) is 15.0 Å². The van der Waals surface area contributed by atoms with Crippen LogP contribution in [0.15, 0.2) is 53.1 Å². The molecule has 2 amide bonds.